The topological polar surface area (TPSA) is 255 Å². The Balaban J connectivity index is 2.26. The molecule has 4 atom stereocenters. The summed E-state index contributed by atoms with van der Waals surface area (Å²) in [7, 11) is 0. The molecule has 0 aromatic heterocycles. The van der Waals surface area contributed by atoms with Crippen LogP contribution in [-0.4, -0.2) is 87.7 Å². The normalized spacial score (nSPS) is 13.5. The highest BCUT2D eigenvalue weighted by molar-refractivity contribution is 7.98. The number of phenolic OH excluding ortho intramolecular Hbond substituents is 2. The lowest BCUT2D eigenvalue weighted by molar-refractivity contribution is -0.142. The first-order valence-corrected chi connectivity index (χ1v) is 15.3. The van der Waals surface area contributed by atoms with E-state index >= 15 is 0 Å². The molecule has 4 unspecified atom stereocenters. The van der Waals surface area contributed by atoms with E-state index in [0.717, 1.165) is 0 Å². The van der Waals surface area contributed by atoms with E-state index in [1.54, 1.807) is 24.3 Å². The molecule has 0 fully saturated rings. The molecule has 15 heteroatoms. The third-order valence-electron chi connectivity index (χ3n) is 6.54. The number of aliphatic imine (C=N–C) groups is 1. The number of hydrogen-bond acceptors (Lipinski definition) is 9. The van der Waals surface area contributed by atoms with Crippen LogP contribution >= 0.6 is 11.8 Å². The molecule has 0 radical (unpaired) electrons. The molecule has 0 spiro atoms. The summed E-state index contributed by atoms with van der Waals surface area (Å²) in [4.78, 5) is 55.6. The Morgan fingerprint density at radius 3 is 1.80 bits per heavy atom. The number of aromatic hydroxyl groups is 2. The van der Waals surface area contributed by atoms with Crippen LogP contribution in [0.4, 0.5) is 0 Å². The van der Waals surface area contributed by atoms with Crippen LogP contribution in [0, 0.1) is 0 Å². The van der Waals surface area contributed by atoms with Crippen LogP contribution in [0.25, 0.3) is 0 Å². The number of benzene rings is 2. The molecule has 0 aliphatic rings. The van der Waals surface area contributed by atoms with E-state index in [9.17, 15) is 34.5 Å². The predicted molar refractivity (Wildman–Crippen MR) is 168 cm³/mol. The minimum atomic E-state index is -1.21. The average molecular weight is 632 g/mol. The van der Waals surface area contributed by atoms with Gasteiger partial charge in [-0.3, -0.25) is 19.4 Å². The number of aliphatic carboxylic acids is 1. The van der Waals surface area contributed by atoms with Gasteiger partial charge >= 0.3 is 5.97 Å². The van der Waals surface area contributed by atoms with Gasteiger partial charge in [0.1, 0.15) is 29.6 Å². The monoisotopic (exact) mass is 631 g/mol. The highest BCUT2D eigenvalue weighted by Crippen LogP contribution is 2.14. The average Bonchev–Trinajstić information content (AvgIpc) is 2.98. The maximum atomic E-state index is 13.6. The van der Waals surface area contributed by atoms with Gasteiger partial charge in [-0.05, 0) is 73.1 Å². The zero-order valence-corrected chi connectivity index (χ0v) is 25.3. The molecule has 0 heterocycles. The van der Waals surface area contributed by atoms with Crippen molar-refractivity contribution in [3.05, 3.63) is 59.7 Å². The van der Waals surface area contributed by atoms with Gasteiger partial charge in [-0.15, -0.1) is 0 Å². The molecule has 3 amide bonds. The number of carboxylic acids is 1. The maximum absolute atomic E-state index is 13.6. The maximum Gasteiger partial charge on any atom is 0.326 e. The summed E-state index contributed by atoms with van der Waals surface area (Å²) in [6.45, 7) is 0.163. The Bertz CT molecular complexity index is 1270. The van der Waals surface area contributed by atoms with Gasteiger partial charge in [-0.2, -0.15) is 11.8 Å². The quantitative estimate of drug-likeness (QED) is 0.0579. The zero-order valence-electron chi connectivity index (χ0n) is 24.4. The first-order chi connectivity index (χ1) is 20.9. The molecule has 240 valence electrons. The lowest BCUT2D eigenvalue weighted by Crippen LogP contribution is -2.57. The highest BCUT2D eigenvalue weighted by Gasteiger charge is 2.30. The largest absolute Gasteiger partial charge is 0.508 e. The number of rotatable bonds is 18. The minimum absolute atomic E-state index is 0.00238. The number of carbonyl (C=O) groups is 4. The van der Waals surface area contributed by atoms with E-state index in [2.05, 4.69) is 20.9 Å². The van der Waals surface area contributed by atoms with Crippen LogP contribution in [0.15, 0.2) is 53.5 Å². The summed E-state index contributed by atoms with van der Waals surface area (Å²) in [5, 5.41) is 36.5. The molecule has 0 bridgehead atoms. The number of carboxylic acid groups (broad SMARTS) is 1. The van der Waals surface area contributed by atoms with Gasteiger partial charge in [0.2, 0.25) is 17.7 Å². The summed E-state index contributed by atoms with van der Waals surface area (Å²) in [6.07, 6.45) is 2.47. The van der Waals surface area contributed by atoms with Crippen molar-refractivity contribution in [1.82, 2.24) is 16.0 Å². The van der Waals surface area contributed by atoms with Gasteiger partial charge < -0.3 is 48.5 Å². The molecular weight excluding hydrogens is 590 g/mol. The molecule has 0 saturated carbocycles. The van der Waals surface area contributed by atoms with Crippen LogP contribution in [-0.2, 0) is 32.0 Å². The van der Waals surface area contributed by atoms with Crippen molar-refractivity contribution < 1.29 is 34.5 Å². The van der Waals surface area contributed by atoms with Crippen LogP contribution in [0.5, 0.6) is 11.5 Å². The summed E-state index contributed by atoms with van der Waals surface area (Å²) in [6, 6.07) is 7.66. The van der Waals surface area contributed by atoms with Gasteiger partial charge in [0.05, 0.1) is 6.04 Å². The number of thioether (sulfide) groups is 1. The fourth-order valence-electron chi connectivity index (χ4n) is 4.14. The molecule has 0 aliphatic heterocycles. The molecule has 0 aliphatic carbocycles. The Morgan fingerprint density at radius 1 is 0.773 bits per heavy atom. The number of nitrogens with two attached hydrogens (primary N) is 3. The van der Waals surface area contributed by atoms with E-state index in [1.807, 2.05) is 6.26 Å². The van der Waals surface area contributed by atoms with Gasteiger partial charge in [-0.1, -0.05) is 24.3 Å². The predicted octanol–water partition coefficient (Wildman–Crippen LogP) is -0.444. The van der Waals surface area contributed by atoms with Gasteiger partial charge in [0.25, 0.3) is 0 Å². The van der Waals surface area contributed by atoms with Crippen molar-refractivity contribution in [3.8, 4) is 11.5 Å². The van der Waals surface area contributed by atoms with Crippen molar-refractivity contribution in [3.63, 3.8) is 0 Å². The van der Waals surface area contributed by atoms with E-state index in [1.165, 1.54) is 36.0 Å². The van der Waals surface area contributed by atoms with Crippen molar-refractivity contribution in [2.24, 2.45) is 22.2 Å². The summed E-state index contributed by atoms with van der Waals surface area (Å²) >= 11 is 1.43. The minimum Gasteiger partial charge on any atom is -0.508 e. The Kier molecular flexibility index (Phi) is 14.8. The summed E-state index contributed by atoms with van der Waals surface area (Å²) in [5.74, 6) is -2.83. The second-order valence-electron chi connectivity index (χ2n) is 10.1. The first kappa shape index (κ1) is 35.7. The number of amides is 3. The van der Waals surface area contributed by atoms with E-state index in [-0.39, 0.29) is 56.1 Å². The summed E-state index contributed by atoms with van der Waals surface area (Å²) in [5.41, 5.74) is 18.2. The van der Waals surface area contributed by atoms with Crippen molar-refractivity contribution in [1.29, 1.82) is 0 Å². The third kappa shape index (κ3) is 12.8. The number of carbonyl (C=O) groups excluding carboxylic acids is 3. The van der Waals surface area contributed by atoms with Gasteiger partial charge in [0, 0.05) is 13.0 Å². The highest BCUT2D eigenvalue weighted by atomic mass is 32.2. The van der Waals surface area contributed by atoms with Gasteiger partial charge in [0.15, 0.2) is 5.96 Å². The number of nitrogens with zero attached hydrogens (tertiary/aromatic N) is 1. The van der Waals surface area contributed by atoms with Crippen LogP contribution in [0.1, 0.15) is 30.4 Å². The molecule has 0 saturated heterocycles. The number of guanidine groups is 1. The first-order valence-electron chi connectivity index (χ1n) is 13.9. The molecule has 2 aromatic carbocycles. The number of phenols is 2. The smallest absolute Gasteiger partial charge is 0.326 e. The third-order valence-corrected chi connectivity index (χ3v) is 7.19. The van der Waals surface area contributed by atoms with Crippen molar-refractivity contribution in [2.45, 2.75) is 56.3 Å². The van der Waals surface area contributed by atoms with Crippen molar-refractivity contribution in [2.75, 3.05) is 18.6 Å². The molecule has 44 heavy (non-hydrogen) atoms. The van der Waals surface area contributed by atoms with Crippen molar-refractivity contribution >= 4 is 41.4 Å². The lowest BCUT2D eigenvalue weighted by atomic mass is 10.0. The fourth-order valence-corrected chi connectivity index (χ4v) is 4.62. The SMILES string of the molecule is CSCCC(NC(=O)C(CCCN=C(N)N)NC(=O)C(Cc1ccc(O)cc1)NC(=O)C(N)Cc1ccc(O)cc1)C(=O)O. The second kappa shape index (κ2) is 18.2. The molecule has 14 nitrogen and oxygen atoms in total. The van der Waals surface area contributed by atoms with Gasteiger partial charge in [-0.25, -0.2) is 4.79 Å². The summed E-state index contributed by atoms with van der Waals surface area (Å²) < 4.78 is 0. The Morgan fingerprint density at radius 2 is 1.27 bits per heavy atom. The molecule has 2 aromatic rings. The number of hydrogen-bond donors (Lipinski definition) is 9. The zero-order chi connectivity index (χ0) is 32.6. The molecule has 2 rings (SSSR count). The lowest BCUT2D eigenvalue weighted by Gasteiger charge is -2.25. The Hall–Kier alpha value is -4.50. The van der Waals surface area contributed by atoms with E-state index < -0.39 is 47.9 Å². The standard InChI is InChI=1S/C29H41N7O7S/c1-44-14-12-23(28(42)43)35-26(40)22(3-2-13-33-29(31)32)34-27(41)24(16-18-6-10-20(38)11-7-18)36-25(39)21(30)15-17-4-8-19(37)9-5-17/h4-11,21-24,37-38H,2-3,12-16,30H2,1H3,(H,34,41)(H,35,40)(H,36,39)(H,42,43)(H4,31,32,33). The molecular formula is C29H41N7O7S. The second-order valence-corrected chi connectivity index (χ2v) is 11.1. The number of nitrogens with one attached hydrogen (secondary N) is 3. The van der Waals surface area contributed by atoms with Crippen LogP contribution in [0.2, 0.25) is 0 Å². The van der Waals surface area contributed by atoms with E-state index in [4.69, 9.17) is 17.2 Å². The molecule has 12 N–H and O–H groups in total. The van der Waals surface area contributed by atoms with Crippen LogP contribution < -0.4 is 33.2 Å². The Labute approximate surface area is 259 Å². The fraction of sp³-hybridized carbons (Fsp3) is 0.414. The van der Waals surface area contributed by atoms with Crippen LogP contribution in [0.3, 0.4) is 0 Å². The van der Waals surface area contributed by atoms with E-state index in [0.29, 0.717) is 16.9 Å².